The van der Waals surface area contributed by atoms with Crippen LogP contribution in [-0.2, 0) is 11.3 Å². The average molecular weight is 370 g/mol. The van der Waals surface area contributed by atoms with E-state index in [2.05, 4.69) is 0 Å². The van der Waals surface area contributed by atoms with Crippen LogP contribution in [0.5, 0.6) is 11.5 Å². The molecule has 0 aliphatic heterocycles. The van der Waals surface area contributed by atoms with E-state index in [9.17, 15) is 18.7 Å². The standard InChI is InChI=1S/C21H16F2O4/c1-26-16-6-2-13(3-7-16)12-27-21(25)18-10-14(4-9-20(18)24)17-8-5-15(22)11-19(17)23/h2-11,24H,12H2,1H3. The van der Waals surface area contributed by atoms with Gasteiger partial charge in [0.25, 0.3) is 0 Å². The summed E-state index contributed by atoms with van der Waals surface area (Å²) in [5.41, 5.74) is 1.07. The Labute approximate surface area is 154 Å². The fraction of sp³-hybridized carbons (Fsp3) is 0.0952. The number of phenolic OH excluding ortho intramolecular Hbond substituents is 1. The van der Waals surface area contributed by atoms with Crippen LogP contribution >= 0.6 is 0 Å². The zero-order valence-electron chi connectivity index (χ0n) is 14.4. The number of benzene rings is 3. The highest BCUT2D eigenvalue weighted by molar-refractivity contribution is 5.94. The summed E-state index contributed by atoms with van der Waals surface area (Å²) in [5, 5.41) is 9.96. The van der Waals surface area contributed by atoms with E-state index in [4.69, 9.17) is 9.47 Å². The van der Waals surface area contributed by atoms with E-state index >= 15 is 0 Å². The molecule has 0 amide bonds. The van der Waals surface area contributed by atoms with Gasteiger partial charge in [-0.1, -0.05) is 18.2 Å². The van der Waals surface area contributed by atoms with Gasteiger partial charge in [0.15, 0.2) is 0 Å². The average Bonchev–Trinajstić information content (AvgIpc) is 2.67. The summed E-state index contributed by atoms with van der Waals surface area (Å²) >= 11 is 0. The maximum atomic E-state index is 14.0. The second-order valence-corrected chi connectivity index (χ2v) is 5.78. The molecule has 3 aromatic carbocycles. The monoisotopic (exact) mass is 370 g/mol. The highest BCUT2D eigenvalue weighted by Gasteiger charge is 2.16. The molecule has 0 saturated carbocycles. The van der Waals surface area contributed by atoms with Crippen molar-refractivity contribution in [1.82, 2.24) is 0 Å². The number of phenols is 1. The van der Waals surface area contributed by atoms with Crippen LogP contribution in [-0.4, -0.2) is 18.2 Å². The highest BCUT2D eigenvalue weighted by atomic mass is 19.1. The first kappa shape index (κ1) is 18.4. The van der Waals surface area contributed by atoms with Crippen molar-refractivity contribution in [3.63, 3.8) is 0 Å². The van der Waals surface area contributed by atoms with Crippen molar-refractivity contribution in [3.8, 4) is 22.6 Å². The van der Waals surface area contributed by atoms with Crippen molar-refractivity contribution in [2.24, 2.45) is 0 Å². The van der Waals surface area contributed by atoms with Gasteiger partial charge < -0.3 is 14.6 Å². The predicted molar refractivity (Wildman–Crippen MR) is 95.6 cm³/mol. The van der Waals surface area contributed by atoms with Gasteiger partial charge in [-0.25, -0.2) is 13.6 Å². The summed E-state index contributed by atoms with van der Waals surface area (Å²) in [5.74, 6) is -1.84. The minimum absolute atomic E-state index is 0.00257. The smallest absolute Gasteiger partial charge is 0.342 e. The van der Waals surface area contributed by atoms with Crippen molar-refractivity contribution in [2.75, 3.05) is 7.11 Å². The van der Waals surface area contributed by atoms with Gasteiger partial charge in [0, 0.05) is 11.6 Å². The van der Waals surface area contributed by atoms with Crippen LogP contribution in [0.2, 0.25) is 0 Å². The second-order valence-electron chi connectivity index (χ2n) is 5.78. The summed E-state index contributed by atoms with van der Waals surface area (Å²) in [4.78, 5) is 12.3. The molecule has 4 nitrogen and oxygen atoms in total. The number of rotatable bonds is 5. The Morgan fingerprint density at radius 3 is 2.41 bits per heavy atom. The topological polar surface area (TPSA) is 55.8 Å². The minimum atomic E-state index is -0.766. The summed E-state index contributed by atoms with van der Waals surface area (Å²) in [6, 6.07) is 14.1. The molecule has 3 aromatic rings. The number of ether oxygens (including phenoxy) is 2. The van der Waals surface area contributed by atoms with Crippen LogP contribution in [0.15, 0.2) is 60.7 Å². The Morgan fingerprint density at radius 2 is 1.74 bits per heavy atom. The van der Waals surface area contributed by atoms with E-state index in [1.54, 1.807) is 31.4 Å². The number of esters is 1. The molecule has 0 fully saturated rings. The number of halogens is 2. The van der Waals surface area contributed by atoms with Crippen LogP contribution in [0.3, 0.4) is 0 Å². The zero-order chi connectivity index (χ0) is 19.4. The first-order valence-corrected chi connectivity index (χ1v) is 8.06. The van der Waals surface area contributed by atoms with Gasteiger partial charge in [-0.3, -0.25) is 0 Å². The van der Waals surface area contributed by atoms with E-state index in [0.29, 0.717) is 11.3 Å². The fourth-order valence-corrected chi connectivity index (χ4v) is 2.54. The minimum Gasteiger partial charge on any atom is -0.507 e. The lowest BCUT2D eigenvalue weighted by Crippen LogP contribution is -2.06. The molecule has 0 aromatic heterocycles. The molecule has 1 N–H and O–H groups in total. The van der Waals surface area contributed by atoms with E-state index in [-0.39, 0.29) is 23.5 Å². The SMILES string of the molecule is COc1ccc(COC(=O)c2cc(-c3ccc(F)cc3F)ccc2O)cc1. The number of carbonyl (C=O) groups is 1. The van der Waals surface area contributed by atoms with Gasteiger partial charge in [-0.05, 0) is 47.5 Å². The van der Waals surface area contributed by atoms with Crippen molar-refractivity contribution in [1.29, 1.82) is 0 Å². The summed E-state index contributed by atoms with van der Waals surface area (Å²) in [7, 11) is 1.55. The largest absolute Gasteiger partial charge is 0.507 e. The fourth-order valence-electron chi connectivity index (χ4n) is 2.54. The first-order chi connectivity index (χ1) is 13.0. The van der Waals surface area contributed by atoms with Gasteiger partial charge >= 0.3 is 5.97 Å². The molecule has 0 unspecified atom stereocenters. The number of carbonyl (C=O) groups excluding carboxylic acids is 1. The lowest BCUT2D eigenvalue weighted by molar-refractivity contribution is 0.0469. The first-order valence-electron chi connectivity index (χ1n) is 8.06. The van der Waals surface area contributed by atoms with Gasteiger partial charge in [0.05, 0.1) is 7.11 Å². The quantitative estimate of drug-likeness (QED) is 0.661. The number of hydrogen-bond donors (Lipinski definition) is 1. The molecule has 0 bridgehead atoms. The third-order valence-corrected chi connectivity index (χ3v) is 3.99. The third-order valence-electron chi connectivity index (χ3n) is 3.99. The predicted octanol–water partition coefficient (Wildman–Crippen LogP) is 4.70. The molecular formula is C21H16F2O4. The second kappa shape index (κ2) is 7.86. The van der Waals surface area contributed by atoms with Gasteiger partial charge in [-0.2, -0.15) is 0 Å². The van der Waals surface area contributed by atoms with Crippen LogP contribution in [0.25, 0.3) is 11.1 Å². The normalized spacial score (nSPS) is 10.5. The van der Waals surface area contributed by atoms with Gasteiger partial charge in [0.1, 0.15) is 35.3 Å². The van der Waals surface area contributed by atoms with Crippen molar-refractivity contribution < 1.29 is 28.2 Å². The maximum absolute atomic E-state index is 14.0. The molecule has 0 atom stereocenters. The molecule has 0 heterocycles. The molecule has 0 saturated heterocycles. The van der Waals surface area contributed by atoms with Crippen molar-refractivity contribution >= 4 is 5.97 Å². The van der Waals surface area contributed by atoms with E-state index in [1.807, 2.05) is 0 Å². The number of aromatic hydroxyl groups is 1. The van der Waals surface area contributed by atoms with E-state index in [0.717, 1.165) is 17.7 Å². The molecule has 0 spiro atoms. The van der Waals surface area contributed by atoms with Crippen LogP contribution in [0.4, 0.5) is 8.78 Å². The molecule has 0 aliphatic rings. The Hall–Kier alpha value is -3.41. The molecule has 0 aliphatic carbocycles. The molecule has 6 heteroatoms. The van der Waals surface area contributed by atoms with Gasteiger partial charge in [0.2, 0.25) is 0 Å². The van der Waals surface area contributed by atoms with Crippen LogP contribution < -0.4 is 4.74 Å². The lowest BCUT2D eigenvalue weighted by atomic mass is 10.0. The molecule has 0 radical (unpaired) electrons. The van der Waals surface area contributed by atoms with Crippen LogP contribution in [0, 0.1) is 11.6 Å². The molecule has 3 rings (SSSR count). The summed E-state index contributed by atoms with van der Waals surface area (Å²) in [6.07, 6.45) is 0. The molecular weight excluding hydrogens is 354 g/mol. The zero-order valence-corrected chi connectivity index (χ0v) is 14.4. The Bertz CT molecular complexity index is 968. The maximum Gasteiger partial charge on any atom is 0.342 e. The Morgan fingerprint density at radius 1 is 1.00 bits per heavy atom. The Kier molecular flexibility index (Phi) is 5.35. The van der Waals surface area contributed by atoms with Crippen molar-refractivity contribution in [3.05, 3.63) is 83.4 Å². The molecule has 27 heavy (non-hydrogen) atoms. The summed E-state index contributed by atoms with van der Waals surface area (Å²) < 4.78 is 37.3. The van der Waals surface area contributed by atoms with Gasteiger partial charge in [-0.15, -0.1) is 0 Å². The highest BCUT2D eigenvalue weighted by Crippen LogP contribution is 2.29. The van der Waals surface area contributed by atoms with E-state index in [1.165, 1.54) is 24.3 Å². The third kappa shape index (κ3) is 4.23. The van der Waals surface area contributed by atoms with Crippen molar-refractivity contribution in [2.45, 2.75) is 6.61 Å². The number of methoxy groups -OCH3 is 1. The Balaban J connectivity index is 1.79. The van der Waals surface area contributed by atoms with Crippen LogP contribution in [0.1, 0.15) is 15.9 Å². The molecule has 138 valence electrons. The summed E-state index contributed by atoms with van der Waals surface area (Å²) in [6.45, 7) is -0.00257. The number of hydrogen-bond acceptors (Lipinski definition) is 4. The van der Waals surface area contributed by atoms with E-state index < -0.39 is 17.6 Å². The lowest BCUT2D eigenvalue weighted by Gasteiger charge is -2.10.